The number of ether oxygens (including phenoxy) is 2. The number of hydrogen-bond donors (Lipinski definition) is 1. The number of aliphatic hydroxyl groups is 1. The summed E-state index contributed by atoms with van der Waals surface area (Å²) in [6.07, 6.45) is 2.06. The molecule has 0 saturated carbocycles. The maximum absolute atomic E-state index is 12.5. The lowest BCUT2D eigenvalue weighted by Gasteiger charge is -2.42. The fourth-order valence-corrected chi connectivity index (χ4v) is 6.22. The molecule has 0 atom stereocenters. The van der Waals surface area contributed by atoms with Gasteiger partial charge in [0.25, 0.3) is 0 Å². The fourth-order valence-electron chi connectivity index (χ4n) is 6.22. The minimum Gasteiger partial charge on any atom is -1.00 e. The van der Waals surface area contributed by atoms with Crippen LogP contribution in [0.3, 0.4) is 0 Å². The molecule has 2 fully saturated rings. The first-order chi connectivity index (χ1) is 16.1. The van der Waals surface area contributed by atoms with Crippen molar-refractivity contribution in [3.8, 4) is 5.75 Å². The number of piperidine rings is 1. The van der Waals surface area contributed by atoms with Gasteiger partial charge in [0.1, 0.15) is 17.9 Å². The Morgan fingerprint density at radius 3 is 2.09 bits per heavy atom. The first-order valence-corrected chi connectivity index (χ1v) is 12.0. The van der Waals surface area contributed by atoms with Gasteiger partial charge in [-0.05, 0) is 28.8 Å². The Morgan fingerprint density at radius 1 is 0.882 bits per heavy atom. The highest BCUT2D eigenvalue weighted by Gasteiger charge is 2.65. The Hall–Kier alpha value is -2.18. The summed E-state index contributed by atoms with van der Waals surface area (Å²) >= 11 is 0. The molecule has 3 aromatic rings. The zero-order valence-electron chi connectivity index (χ0n) is 19.8. The van der Waals surface area contributed by atoms with E-state index in [4.69, 9.17) is 9.47 Å². The molecular formula is C29H34BrNO3. The first-order valence-electron chi connectivity index (χ1n) is 12.0. The SMILES string of the molecule is COc1cccc(COCC[N+]23CCC(C(O)(c4ccccc4)c4ccccc4)(CC2)C3)c1.[Br-]. The van der Waals surface area contributed by atoms with Gasteiger partial charge in [-0.1, -0.05) is 72.8 Å². The Morgan fingerprint density at radius 2 is 1.50 bits per heavy atom. The standard InChI is InChI=1S/C29H34NO3.BrH/c1-32-27-14-8-9-24(21-27)22-33-20-19-30-17-15-28(23-30,16-18-30)29(31,25-10-4-2-5-11-25)26-12-6-3-7-13-26;/h2-14,21,31H,15-20,22-23H2,1H3;1H/q+1;/p-1. The van der Waals surface area contributed by atoms with Gasteiger partial charge in [0.05, 0.1) is 45.4 Å². The lowest BCUT2D eigenvalue weighted by Crippen LogP contribution is -3.00. The van der Waals surface area contributed by atoms with Crippen molar-refractivity contribution in [2.75, 3.05) is 39.9 Å². The topological polar surface area (TPSA) is 38.7 Å². The Labute approximate surface area is 213 Å². The highest BCUT2D eigenvalue weighted by molar-refractivity contribution is 5.40. The van der Waals surface area contributed by atoms with Crippen molar-refractivity contribution >= 4 is 0 Å². The molecule has 4 nitrogen and oxygen atoms in total. The van der Waals surface area contributed by atoms with Gasteiger partial charge in [0.2, 0.25) is 0 Å². The Bertz CT molecular complexity index is 1030. The van der Waals surface area contributed by atoms with Crippen molar-refractivity contribution in [2.45, 2.75) is 25.0 Å². The highest BCUT2D eigenvalue weighted by Crippen LogP contribution is 2.58. The molecule has 0 radical (unpaired) electrons. The van der Waals surface area contributed by atoms with E-state index in [1.165, 1.54) is 0 Å². The molecule has 2 aliphatic heterocycles. The van der Waals surface area contributed by atoms with E-state index in [2.05, 4.69) is 30.3 Å². The van der Waals surface area contributed by atoms with E-state index < -0.39 is 5.60 Å². The summed E-state index contributed by atoms with van der Waals surface area (Å²) in [5, 5.41) is 12.5. The first kappa shape index (κ1) is 24.9. The summed E-state index contributed by atoms with van der Waals surface area (Å²) in [5.74, 6) is 0.864. The van der Waals surface area contributed by atoms with E-state index in [1.807, 2.05) is 54.6 Å². The zero-order chi connectivity index (χ0) is 22.8. The molecule has 180 valence electrons. The van der Waals surface area contributed by atoms with Gasteiger partial charge in [0.15, 0.2) is 0 Å². The molecule has 2 bridgehead atoms. The smallest absolute Gasteiger partial charge is 0.126 e. The van der Waals surface area contributed by atoms with Crippen LogP contribution in [0.25, 0.3) is 0 Å². The normalized spacial score (nSPS) is 23.5. The monoisotopic (exact) mass is 523 g/mol. The van der Waals surface area contributed by atoms with Crippen LogP contribution >= 0.6 is 0 Å². The molecule has 34 heavy (non-hydrogen) atoms. The maximum Gasteiger partial charge on any atom is 0.126 e. The highest BCUT2D eigenvalue weighted by atomic mass is 79.9. The van der Waals surface area contributed by atoms with Crippen LogP contribution in [0.4, 0.5) is 0 Å². The number of nitrogens with zero attached hydrogens (tertiary/aromatic N) is 1. The van der Waals surface area contributed by atoms with E-state index in [0.717, 1.165) is 72.6 Å². The summed E-state index contributed by atoms with van der Waals surface area (Å²) in [6, 6.07) is 28.6. The molecule has 5 rings (SSSR count). The summed E-state index contributed by atoms with van der Waals surface area (Å²) in [7, 11) is 1.69. The second kappa shape index (κ2) is 10.2. The van der Waals surface area contributed by atoms with E-state index in [1.54, 1.807) is 7.11 Å². The van der Waals surface area contributed by atoms with Gasteiger partial charge in [-0.2, -0.15) is 0 Å². The largest absolute Gasteiger partial charge is 1.00 e. The molecule has 0 spiro atoms. The van der Waals surface area contributed by atoms with Crippen LogP contribution in [0, 0.1) is 5.41 Å². The second-order valence-corrected chi connectivity index (χ2v) is 9.80. The van der Waals surface area contributed by atoms with Crippen molar-refractivity contribution in [3.05, 3.63) is 102 Å². The van der Waals surface area contributed by atoms with Crippen molar-refractivity contribution in [2.24, 2.45) is 5.41 Å². The van der Waals surface area contributed by atoms with Gasteiger partial charge in [-0.3, -0.25) is 0 Å². The molecule has 0 unspecified atom stereocenters. The molecule has 2 aliphatic rings. The third-order valence-electron chi connectivity index (χ3n) is 8.03. The molecule has 3 aromatic carbocycles. The molecule has 2 heterocycles. The van der Waals surface area contributed by atoms with Crippen molar-refractivity contribution < 1.29 is 36.0 Å². The minimum atomic E-state index is -0.979. The third kappa shape index (κ3) is 4.42. The van der Waals surface area contributed by atoms with Crippen molar-refractivity contribution in [1.82, 2.24) is 0 Å². The van der Waals surface area contributed by atoms with Crippen LogP contribution < -0.4 is 21.7 Å². The predicted octanol–water partition coefficient (Wildman–Crippen LogP) is 1.76. The number of hydrogen-bond acceptors (Lipinski definition) is 3. The lowest BCUT2D eigenvalue weighted by atomic mass is 9.63. The quantitative estimate of drug-likeness (QED) is 0.343. The molecule has 0 aliphatic carbocycles. The summed E-state index contributed by atoms with van der Waals surface area (Å²) in [6.45, 7) is 5.51. The van der Waals surface area contributed by atoms with E-state index in [0.29, 0.717) is 6.61 Å². The number of benzene rings is 3. The second-order valence-electron chi connectivity index (χ2n) is 9.80. The van der Waals surface area contributed by atoms with Gasteiger partial charge >= 0.3 is 0 Å². The molecular weight excluding hydrogens is 490 g/mol. The van der Waals surface area contributed by atoms with Crippen LogP contribution in [0.1, 0.15) is 29.5 Å². The summed E-state index contributed by atoms with van der Waals surface area (Å²) in [4.78, 5) is 0. The van der Waals surface area contributed by atoms with E-state index >= 15 is 0 Å². The lowest BCUT2D eigenvalue weighted by molar-refractivity contribution is -0.910. The average molecular weight is 524 g/mol. The van der Waals surface area contributed by atoms with Gasteiger partial charge in [-0.15, -0.1) is 0 Å². The third-order valence-corrected chi connectivity index (χ3v) is 8.03. The van der Waals surface area contributed by atoms with Gasteiger partial charge in [-0.25, -0.2) is 0 Å². The Kier molecular flexibility index (Phi) is 7.48. The maximum atomic E-state index is 12.5. The van der Waals surface area contributed by atoms with Gasteiger partial charge in [0, 0.05) is 12.8 Å². The fraction of sp³-hybridized carbons (Fsp3) is 0.379. The number of fused-ring (bicyclic) bond motifs is 2. The molecule has 1 N–H and O–H groups in total. The van der Waals surface area contributed by atoms with Crippen LogP contribution in [-0.2, 0) is 16.9 Å². The Balaban J connectivity index is 0.00000274. The van der Waals surface area contributed by atoms with Crippen molar-refractivity contribution in [3.63, 3.8) is 0 Å². The number of halogens is 1. The van der Waals surface area contributed by atoms with Crippen LogP contribution in [0.2, 0.25) is 0 Å². The predicted molar refractivity (Wildman–Crippen MR) is 130 cm³/mol. The van der Waals surface area contributed by atoms with Crippen LogP contribution in [-0.4, -0.2) is 49.5 Å². The average Bonchev–Trinajstić information content (AvgIpc) is 3.45. The molecule has 0 aromatic heterocycles. The van der Waals surface area contributed by atoms with Crippen LogP contribution in [0.15, 0.2) is 84.9 Å². The molecule has 2 saturated heterocycles. The summed E-state index contributed by atoms with van der Waals surface area (Å²) < 4.78 is 12.4. The van der Waals surface area contributed by atoms with Gasteiger partial charge < -0.3 is 36.0 Å². The molecule has 0 amide bonds. The minimum absolute atomic E-state index is 0. The van der Waals surface area contributed by atoms with Crippen LogP contribution in [0.5, 0.6) is 5.75 Å². The van der Waals surface area contributed by atoms with E-state index in [-0.39, 0.29) is 22.4 Å². The zero-order valence-corrected chi connectivity index (χ0v) is 21.4. The summed E-state index contributed by atoms with van der Waals surface area (Å²) in [5.41, 5.74) is 2.02. The van der Waals surface area contributed by atoms with Crippen molar-refractivity contribution in [1.29, 1.82) is 0 Å². The molecule has 5 heteroatoms. The number of rotatable bonds is 9. The number of quaternary nitrogens is 1. The van der Waals surface area contributed by atoms with E-state index in [9.17, 15) is 5.11 Å². The number of methoxy groups -OCH3 is 1.